The van der Waals surface area contributed by atoms with Gasteiger partial charge in [0.25, 0.3) is 0 Å². The van der Waals surface area contributed by atoms with Crippen LogP contribution in [-0.2, 0) is 4.79 Å². The molecular weight excluding hydrogens is 216 g/mol. The minimum Gasteiger partial charge on any atom is -0.480 e. The molecule has 1 atom stereocenters. The highest BCUT2D eigenvalue weighted by molar-refractivity contribution is 5.78. The second-order valence-corrected chi connectivity index (χ2v) is 5.82. The summed E-state index contributed by atoms with van der Waals surface area (Å²) < 4.78 is 0. The Kier molecular flexibility index (Phi) is 4.55. The van der Waals surface area contributed by atoms with E-state index in [1.807, 2.05) is 6.92 Å². The fourth-order valence-corrected chi connectivity index (χ4v) is 2.60. The molecule has 1 fully saturated rings. The van der Waals surface area contributed by atoms with E-state index in [4.69, 9.17) is 0 Å². The summed E-state index contributed by atoms with van der Waals surface area (Å²) in [7, 11) is 0. The molecule has 1 saturated heterocycles. The van der Waals surface area contributed by atoms with E-state index in [9.17, 15) is 9.90 Å². The molecule has 1 aliphatic rings. The third-order valence-electron chi connectivity index (χ3n) is 3.99. The third kappa shape index (κ3) is 3.42. The standard InChI is InChI=1S/C13H26N2O2/c1-5-14-13(4,11(16)17)8-10-15-9-6-7-12(15,2)3/h14H,5-10H2,1-4H3,(H,16,17). The molecule has 0 aromatic heterocycles. The van der Waals surface area contributed by atoms with Gasteiger partial charge in [-0.15, -0.1) is 0 Å². The van der Waals surface area contributed by atoms with E-state index in [0.717, 1.165) is 13.1 Å². The van der Waals surface area contributed by atoms with Crippen LogP contribution in [0.1, 0.15) is 47.0 Å². The monoisotopic (exact) mass is 242 g/mol. The second kappa shape index (κ2) is 5.36. The Morgan fingerprint density at radius 2 is 2.18 bits per heavy atom. The van der Waals surface area contributed by atoms with Crippen LogP contribution in [0.15, 0.2) is 0 Å². The van der Waals surface area contributed by atoms with Crippen molar-refractivity contribution in [1.29, 1.82) is 0 Å². The van der Waals surface area contributed by atoms with Gasteiger partial charge in [0.1, 0.15) is 5.54 Å². The van der Waals surface area contributed by atoms with Crippen LogP contribution in [0.5, 0.6) is 0 Å². The largest absolute Gasteiger partial charge is 0.480 e. The van der Waals surface area contributed by atoms with Crippen molar-refractivity contribution in [2.75, 3.05) is 19.6 Å². The zero-order valence-electron chi connectivity index (χ0n) is 11.5. The topological polar surface area (TPSA) is 52.6 Å². The molecule has 0 amide bonds. The van der Waals surface area contributed by atoms with Crippen LogP contribution in [0.2, 0.25) is 0 Å². The summed E-state index contributed by atoms with van der Waals surface area (Å²) in [4.78, 5) is 13.7. The van der Waals surface area contributed by atoms with Gasteiger partial charge in [0.2, 0.25) is 0 Å². The summed E-state index contributed by atoms with van der Waals surface area (Å²) in [6, 6.07) is 0. The summed E-state index contributed by atoms with van der Waals surface area (Å²) in [5.74, 6) is -0.753. The molecule has 1 heterocycles. The molecule has 0 bridgehead atoms. The molecule has 1 aliphatic heterocycles. The number of carboxylic acid groups (broad SMARTS) is 1. The van der Waals surface area contributed by atoms with Crippen LogP contribution >= 0.6 is 0 Å². The second-order valence-electron chi connectivity index (χ2n) is 5.82. The lowest BCUT2D eigenvalue weighted by Crippen LogP contribution is -2.52. The van der Waals surface area contributed by atoms with Gasteiger partial charge < -0.3 is 10.4 Å². The van der Waals surface area contributed by atoms with E-state index < -0.39 is 11.5 Å². The van der Waals surface area contributed by atoms with Gasteiger partial charge in [-0.1, -0.05) is 6.92 Å². The van der Waals surface area contributed by atoms with E-state index in [2.05, 4.69) is 24.1 Å². The van der Waals surface area contributed by atoms with Crippen LogP contribution in [0.3, 0.4) is 0 Å². The third-order valence-corrected chi connectivity index (χ3v) is 3.99. The molecule has 0 aromatic carbocycles. The predicted molar refractivity (Wildman–Crippen MR) is 69.2 cm³/mol. The average Bonchev–Trinajstić information content (AvgIpc) is 2.55. The van der Waals surface area contributed by atoms with Crippen LogP contribution < -0.4 is 5.32 Å². The molecular formula is C13H26N2O2. The Balaban J connectivity index is 2.55. The maximum Gasteiger partial charge on any atom is 0.323 e. The Morgan fingerprint density at radius 1 is 1.53 bits per heavy atom. The molecule has 4 heteroatoms. The molecule has 0 aromatic rings. The summed E-state index contributed by atoms with van der Waals surface area (Å²) >= 11 is 0. The summed E-state index contributed by atoms with van der Waals surface area (Å²) in [6.07, 6.45) is 3.08. The van der Waals surface area contributed by atoms with Crippen LogP contribution in [0.25, 0.3) is 0 Å². The minimum absolute atomic E-state index is 0.228. The zero-order valence-corrected chi connectivity index (χ0v) is 11.5. The molecule has 1 unspecified atom stereocenters. The minimum atomic E-state index is -0.798. The van der Waals surface area contributed by atoms with Gasteiger partial charge in [0, 0.05) is 12.1 Å². The van der Waals surface area contributed by atoms with E-state index in [1.165, 1.54) is 12.8 Å². The van der Waals surface area contributed by atoms with Crippen molar-refractivity contribution in [3.8, 4) is 0 Å². The quantitative estimate of drug-likeness (QED) is 0.744. The number of aliphatic carboxylic acids is 1. The van der Waals surface area contributed by atoms with Crippen LogP contribution in [0, 0.1) is 0 Å². The van der Waals surface area contributed by atoms with E-state index in [-0.39, 0.29) is 5.54 Å². The van der Waals surface area contributed by atoms with Crippen molar-refractivity contribution in [2.45, 2.75) is 58.0 Å². The maximum atomic E-state index is 11.3. The highest BCUT2D eigenvalue weighted by Gasteiger charge is 2.36. The van der Waals surface area contributed by atoms with Gasteiger partial charge in [-0.3, -0.25) is 9.69 Å². The van der Waals surface area contributed by atoms with Crippen molar-refractivity contribution < 1.29 is 9.90 Å². The summed E-state index contributed by atoms with van der Waals surface area (Å²) in [6.45, 7) is 10.8. The molecule has 0 radical (unpaired) electrons. The number of carboxylic acids is 1. The first-order chi connectivity index (χ1) is 7.82. The van der Waals surface area contributed by atoms with E-state index >= 15 is 0 Å². The molecule has 100 valence electrons. The zero-order chi connectivity index (χ0) is 13.1. The average molecular weight is 242 g/mol. The highest BCUT2D eigenvalue weighted by Crippen LogP contribution is 2.29. The smallest absolute Gasteiger partial charge is 0.323 e. The number of likely N-dealkylation sites (tertiary alicyclic amines) is 1. The lowest BCUT2D eigenvalue weighted by Gasteiger charge is -2.34. The van der Waals surface area contributed by atoms with Crippen LogP contribution in [-0.4, -0.2) is 46.7 Å². The van der Waals surface area contributed by atoms with Gasteiger partial charge >= 0.3 is 5.97 Å². The first-order valence-corrected chi connectivity index (χ1v) is 6.55. The lowest BCUT2D eigenvalue weighted by atomic mass is 9.96. The Morgan fingerprint density at radius 3 is 2.59 bits per heavy atom. The molecule has 1 rings (SSSR count). The number of likely N-dealkylation sites (N-methyl/N-ethyl adjacent to an activating group) is 1. The lowest BCUT2D eigenvalue weighted by molar-refractivity contribution is -0.144. The first kappa shape index (κ1) is 14.5. The highest BCUT2D eigenvalue weighted by atomic mass is 16.4. The molecule has 17 heavy (non-hydrogen) atoms. The Hall–Kier alpha value is -0.610. The first-order valence-electron chi connectivity index (χ1n) is 6.55. The summed E-state index contributed by atoms with van der Waals surface area (Å²) in [5, 5.41) is 12.4. The van der Waals surface area contributed by atoms with Crippen molar-refractivity contribution >= 4 is 5.97 Å². The van der Waals surface area contributed by atoms with Gasteiger partial charge in [0.15, 0.2) is 0 Å². The van der Waals surface area contributed by atoms with E-state index in [0.29, 0.717) is 13.0 Å². The number of hydrogen-bond acceptors (Lipinski definition) is 3. The fourth-order valence-electron chi connectivity index (χ4n) is 2.60. The van der Waals surface area contributed by atoms with Gasteiger partial charge in [-0.25, -0.2) is 0 Å². The van der Waals surface area contributed by atoms with Crippen molar-refractivity contribution in [2.24, 2.45) is 0 Å². The van der Waals surface area contributed by atoms with Crippen molar-refractivity contribution in [3.63, 3.8) is 0 Å². The number of carbonyl (C=O) groups is 1. The number of hydrogen-bond donors (Lipinski definition) is 2. The van der Waals surface area contributed by atoms with Crippen LogP contribution in [0.4, 0.5) is 0 Å². The molecule has 2 N–H and O–H groups in total. The number of nitrogens with one attached hydrogen (secondary N) is 1. The molecule has 0 spiro atoms. The maximum absolute atomic E-state index is 11.3. The SMILES string of the molecule is CCNC(C)(CCN1CCCC1(C)C)C(=O)O. The van der Waals surface area contributed by atoms with Gasteiger partial charge in [-0.05, 0) is 53.1 Å². The summed E-state index contributed by atoms with van der Waals surface area (Å²) in [5.41, 5.74) is -0.570. The molecule has 0 aliphatic carbocycles. The fraction of sp³-hybridized carbons (Fsp3) is 0.923. The van der Waals surface area contributed by atoms with Crippen molar-refractivity contribution in [3.05, 3.63) is 0 Å². The van der Waals surface area contributed by atoms with Gasteiger partial charge in [-0.2, -0.15) is 0 Å². The molecule has 0 saturated carbocycles. The molecule has 4 nitrogen and oxygen atoms in total. The Labute approximate surface area is 104 Å². The van der Waals surface area contributed by atoms with Crippen molar-refractivity contribution in [1.82, 2.24) is 10.2 Å². The predicted octanol–water partition coefficient (Wildman–Crippen LogP) is 1.70. The normalized spacial score (nSPS) is 23.5. The van der Waals surface area contributed by atoms with E-state index in [1.54, 1.807) is 6.92 Å². The number of nitrogens with zero attached hydrogens (tertiary/aromatic N) is 1. The number of rotatable bonds is 6. The van der Waals surface area contributed by atoms with Gasteiger partial charge in [0.05, 0.1) is 0 Å². The Bertz CT molecular complexity index is 279.